The van der Waals surface area contributed by atoms with Gasteiger partial charge < -0.3 is 0 Å². The molecule has 0 aromatic heterocycles. The Morgan fingerprint density at radius 3 is 1.73 bits per heavy atom. The molecular formula is C8H14S3. The Hall–Kier alpha value is 0.530. The van der Waals surface area contributed by atoms with Crippen LogP contribution in [0.4, 0.5) is 0 Å². The lowest BCUT2D eigenvalue weighted by Crippen LogP contribution is -1.64. The minimum Gasteiger partial charge on any atom is -0.0908 e. The molecule has 0 radical (unpaired) electrons. The zero-order chi connectivity index (χ0) is 8.36. The number of rotatable bonds is 6. The lowest BCUT2D eigenvalue weighted by atomic mass is 10.6. The summed E-state index contributed by atoms with van der Waals surface area (Å²) >= 11 is 0. The lowest BCUT2D eigenvalue weighted by Gasteiger charge is -1.92. The van der Waals surface area contributed by atoms with Gasteiger partial charge in [-0.1, -0.05) is 45.9 Å². The van der Waals surface area contributed by atoms with Gasteiger partial charge in [0.05, 0.1) is 0 Å². The third-order valence-corrected chi connectivity index (χ3v) is 4.87. The number of hydrogen-bond donors (Lipinski definition) is 0. The predicted octanol–water partition coefficient (Wildman–Crippen LogP) is 4.17. The van der Waals surface area contributed by atoms with Gasteiger partial charge in [-0.3, -0.25) is 0 Å². The van der Waals surface area contributed by atoms with E-state index in [0.29, 0.717) is 0 Å². The van der Waals surface area contributed by atoms with Crippen LogP contribution in [0.25, 0.3) is 0 Å². The molecular weight excluding hydrogens is 192 g/mol. The van der Waals surface area contributed by atoms with E-state index in [4.69, 9.17) is 0 Å². The molecule has 0 spiro atoms. The van der Waals surface area contributed by atoms with E-state index in [0.717, 1.165) is 11.5 Å². The average molecular weight is 206 g/mol. The smallest absolute Gasteiger partial charge is 0.0225 e. The topological polar surface area (TPSA) is 0 Å². The van der Waals surface area contributed by atoms with E-state index in [1.165, 1.54) is 0 Å². The van der Waals surface area contributed by atoms with Gasteiger partial charge in [0.25, 0.3) is 0 Å². The zero-order valence-electron chi connectivity index (χ0n) is 6.95. The predicted molar refractivity (Wildman–Crippen MR) is 62.1 cm³/mol. The standard InChI is InChI=1S/C8H14S3/c1-3-5-7-9-11-10-8-6-4-2/h3-6H,7-8H2,1-2H3. The highest BCUT2D eigenvalue weighted by atomic mass is 33.5. The molecule has 3 heteroatoms. The summed E-state index contributed by atoms with van der Waals surface area (Å²) in [5, 5.41) is 0. The van der Waals surface area contributed by atoms with Crippen molar-refractivity contribution in [2.24, 2.45) is 0 Å². The van der Waals surface area contributed by atoms with Crippen molar-refractivity contribution >= 4 is 31.4 Å². The Labute approximate surface area is 81.1 Å². The van der Waals surface area contributed by atoms with Crippen LogP contribution in [0.3, 0.4) is 0 Å². The average Bonchev–Trinajstić information content (AvgIpc) is 2.03. The van der Waals surface area contributed by atoms with Crippen molar-refractivity contribution < 1.29 is 0 Å². The fraction of sp³-hybridized carbons (Fsp3) is 0.500. The summed E-state index contributed by atoms with van der Waals surface area (Å²) in [6, 6.07) is 0. The van der Waals surface area contributed by atoms with Gasteiger partial charge in [0.1, 0.15) is 0 Å². The van der Waals surface area contributed by atoms with E-state index in [1.807, 2.05) is 31.4 Å². The molecule has 0 aromatic carbocycles. The minimum absolute atomic E-state index is 1.12. The van der Waals surface area contributed by atoms with E-state index in [1.54, 1.807) is 0 Å². The van der Waals surface area contributed by atoms with E-state index >= 15 is 0 Å². The van der Waals surface area contributed by atoms with Gasteiger partial charge in [0.2, 0.25) is 0 Å². The maximum atomic E-state index is 2.17. The first-order chi connectivity index (χ1) is 5.41. The van der Waals surface area contributed by atoms with Crippen LogP contribution in [0.2, 0.25) is 0 Å². The fourth-order valence-electron chi connectivity index (χ4n) is 0.361. The number of hydrogen-bond acceptors (Lipinski definition) is 3. The third-order valence-electron chi connectivity index (χ3n) is 0.896. The van der Waals surface area contributed by atoms with Crippen molar-refractivity contribution in [1.29, 1.82) is 0 Å². The van der Waals surface area contributed by atoms with Crippen LogP contribution in [0.1, 0.15) is 13.8 Å². The second-order valence-electron chi connectivity index (χ2n) is 1.78. The summed E-state index contributed by atoms with van der Waals surface area (Å²) < 4.78 is 0. The van der Waals surface area contributed by atoms with Crippen LogP contribution in [0.15, 0.2) is 24.3 Å². The molecule has 0 heterocycles. The second-order valence-corrected chi connectivity index (χ2v) is 6.10. The van der Waals surface area contributed by atoms with Crippen LogP contribution < -0.4 is 0 Å². The van der Waals surface area contributed by atoms with Gasteiger partial charge in [-0.25, -0.2) is 0 Å². The van der Waals surface area contributed by atoms with Gasteiger partial charge in [0, 0.05) is 11.5 Å². The molecule has 11 heavy (non-hydrogen) atoms. The quantitative estimate of drug-likeness (QED) is 0.364. The Kier molecular flexibility index (Phi) is 11.0. The molecule has 0 N–H and O–H groups in total. The van der Waals surface area contributed by atoms with E-state index in [2.05, 4.69) is 38.2 Å². The van der Waals surface area contributed by atoms with Crippen LogP contribution in [-0.4, -0.2) is 11.5 Å². The third kappa shape index (κ3) is 10.5. The first kappa shape index (κ1) is 11.5. The molecule has 0 amide bonds. The van der Waals surface area contributed by atoms with Gasteiger partial charge >= 0.3 is 0 Å². The van der Waals surface area contributed by atoms with Gasteiger partial charge in [-0.05, 0) is 23.7 Å². The maximum Gasteiger partial charge on any atom is 0.0225 e. The Balaban J connectivity index is 2.90. The van der Waals surface area contributed by atoms with Crippen LogP contribution in [0, 0.1) is 0 Å². The van der Waals surface area contributed by atoms with Crippen LogP contribution in [0.5, 0.6) is 0 Å². The molecule has 0 aliphatic rings. The molecule has 0 unspecified atom stereocenters. The van der Waals surface area contributed by atoms with E-state index < -0.39 is 0 Å². The summed E-state index contributed by atoms with van der Waals surface area (Å²) in [5.74, 6) is 2.23. The van der Waals surface area contributed by atoms with Gasteiger partial charge in [-0.2, -0.15) is 0 Å². The highest BCUT2D eigenvalue weighted by Crippen LogP contribution is 2.34. The number of allylic oxidation sites excluding steroid dienone is 2. The van der Waals surface area contributed by atoms with Crippen molar-refractivity contribution in [3.63, 3.8) is 0 Å². The van der Waals surface area contributed by atoms with Gasteiger partial charge in [-0.15, -0.1) is 0 Å². The SMILES string of the molecule is CC=CCSSSCC=CC. The van der Waals surface area contributed by atoms with Crippen molar-refractivity contribution in [2.75, 3.05) is 11.5 Å². The first-order valence-corrected chi connectivity index (χ1v) is 7.37. The second kappa shape index (κ2) is 10.5. The molecule has 0 bridgehead atoms. The summed E-state index contributed by atoms with van der Waals surface area (Å²) in [6.07, 6.45) is 8.52. The van der Waals surface area contributed by atoms with Crippen LogP contribution in [-0.2, 0) is 0 Å². The van der Waals surface area contributed by atoms with Crippen molar-refractivity contribution in [2.45, 2.75) is 13.8 Å². The minimum atomic E-state index is 1.12. The molecule has 0 rings (SSSR count). The Bertz CT molecular complexity index is 105. The molecule has 0 saturated heterocycles. The summed E-state index contributed by atoms with van der Waals surface area (Å²) in [7, 11) is 5.64. The normalized spacial score (nSPS) is 11.8. The Morgan fingerprint density at radius 2 is 1.36 bits per heavy atom. The van der Waals surface area contributed by atoms with Crippen molar-refractivity contribution in [3.8, 4) is 0 Å². The van der Waals surface area contributed by atoms with Crippen molar-refractivity contribution in [3.05, 3.63) is 24.3 Å². The molecule has 0 fully saturated rings. The van der Waals surface area contributed by atoms with Crippen molar-refractivity contribution in [1.82, 2.24) is 0 Å². The maximum absolute atomic E-state index is 2.17. The van der Waals surface area contributed by atoms with E-state index in [-0.39, 0.29) is 0 Å². The van der Waals surface area contributed by atoms with Gasteiger partial charge in [0.15, 0.2) is 0 Å². The highest BCUT2D eigenvalue weighted by molar-refractivity contribution is 9.09. The molecule has 0 atom stereocenters. The fourth-order valence-corrected chi connectivity index (χ4v) is 3.70. The molecule has 0 nitrogen and oxygen atoms in total. The molecule has 0 aliphatic carbocycles. The molecule has 0 aromatic rings. The largest absolute Gasteiger partial charge is 0.0908 e. The Morgan fingerprint density at radius 1 is 0.909 bits per heavy atom. The molecule has 0 aliphatic heterocycles. The molecule has 64 valence electrons. The first-order valence-electron chi connectivity index (χ1n) is 3.55. The highest BCUT2D eigenvalue weighted by Gasteiger charge is 1.85. The molecule has 0 saturated carbocycles. The summed E-state index contributed by atoms with van der Waals surface area (Å²) in [5.41, 5.74) is 0. The monoisotopic (exact) mass is 206 g/mol. The van der Waals surface area contributed by atoms with E-state index in [9.17, 15) is 0 Å². The summed E-state index contributed by atoms with van der Waals surface area (Å²) in [4.78, 5) is 0. The van der Waals surface area contributed by atoms with Crippen LogP contribution >= 0.6 is 31.4 Å². The zero-order valence-corrected chi connectivity index (χ0v) is 9.40. The summed E-state index contributed by atoms with van der Waals surface area (Å²) in [6.45, 7) is 4.11. The lowest BCUT2D eigenvalue weighted by molar-refractivity contribution is 1.66.